The number of thioether (sulfide) groups is 1. The minimum atomic E-state index is -4.89. The Balaban J connectivity index is 1.90. The number of rotatable bonds is 1. The number of carbonyl (C=O) groups excluding carboxylic acids is 2. The minimum absolute atomic E-state index is 0.0552. The standard InChI is InChI=1S/C19H15F3NO2S/c20-19(21,22)18-16(25)6-5-15(24)17(18)13-3-1-12(2-4-13)11-23-14-7-9-26-10-8-14/h1-6,14H,7-10H2/q+1. The van der Waals surface area contributed by atoms with E-state index in [1.807, 2.05) is 11.8 Å². The number of hydrogen-bond donors (Lipinski definition) is 0. The van der Waals surface area contributed by atoms with Crippen LogP contribution in [0.15, 0.2) is 42.0 Å². The summed E-state index contributed by atoms with van der Waals surface area (Å²) in [5.41, 5.74) is -1.36. The Bertz CT molecular complexity index is 852. The molecule has 0 spiro atoms. The molecule has 0 saturated carbocycles. The minimum Gasteiger partial charge on any atom is -0.289 e. The second-order valence-corrected chi connectivity index (χ2v) is 7.20. The van der Waals surface area contributed by atoms with Crippen LogP contribution in [0.3, 0.4) is 0 Å². The van der Waals surface area contributed by atoms with Gasteiger partial charge in [-0.3, -0.25) is 9.59 Å². The van der Waals surface area contributed by atoms with Gasteiger partial charge in [-0.2, -0.15) is 24.9 Å². The summed E-state index contributed by atoms with van der Waals surface area (Å²) in [5, 5.41) is 0. The molecule has 1 saturated heterocycles. The molecule has 1 aliphatic heterocycles. The first kappa shape index (κ1) is 18.5. The highest BCUT2D eigenvalue weighted by Crippen LogP contribution is 2.36. The third-order valence-electron chi connectivity index (χ3n) is 4.15. The SMILES string of the molecule is O=C1C=CC(=O)C(C(F)(F)F)=C1c1ccc(C#[N+]C2CCSCC2)cc1. The molecule has 7 heteroatoms. The highest BCUT2D eigenvalue weighted by Gasteiger charge is 2.43. The third kappa shape index (κ3) is 4.07. The van der Waals surface area contributed by atoms with E-state index in [1.165, 1.54) is 12.1 Å². The lowest BCUT2D eigenvalue weighted by Crippen LogP contribution is -2.25. The maximum Gasteiger partial charge on any atom is 0.420 e. The predicted octanol–water partition coefficient (Wildman–Crippen LogP) is 4.29. The second kappa shape index (κ2) is 7.50. The van der Waals surface area contributed by atoms with Crippen LogP contribution in [0.2, 0.25) is 0 Å². The fourth-order valence-corrected chi connectivity index (χ4v) is 3.91. The van der Waals surface area contributed by atoms with Gasteiger partial charge in [-0.1, -0.05) is 17.0 Å². The van der Waals surface area contributed by atoms with Crippen LogP contribution < -0.4 is 0 Å². The van der Waals surface area contributed by atoms with Gasteiger partial charge in [-0.25, -0.2) is 0 Å². The van der Waals surface area contributed by atoms with Gasteiger partial charge in [0.05, 0.1) is 0 Å². The molecule has 0 amide bonds. The molecular weight excluding hydrogens is 363 g/mol. The van der Waals surface area contributed by atoms with Gasteiger partial charge < -0.3 is 0 Å². The average molecular weight is 378 g/mol. The molecule has 1 aliphatic carbocycles. The maximum absolute atomic E-state index is 13.2. The average Bonchev–Trinajstić information content (AvgIpc) is 2.62. The molecule has 0 N–H and O–H groups in total. The number of alkyl halides is 3. The highest BCUT2D eigenvalue weighted by atomic mass is 32.2. The maximum atomic E-state index is 13.2. The lowest BCUT2D eigenvalue weighted by molar-refractivity contribution is -0.126. The summed E-state index contributed by atoms with van der Waals surface area (Å²) in [6.07, 6.45) is -1.39. The molecule has 1 aromatic carbocycles. The monoisotopic (exact) mass is 378 g/mol. The summed E-state index contributed by atoms with van der Waals surface area (Å²) in [6, 6.07) is 9.01. The molecule has 1 fully saturated rings. The lowest BCUT2D eigenvalue weighted by Gasteiger charge is -2.17. The van der Waals surface area contributed by atoms with E-state index in [-0.39, 0.29) is 11.6 Å². The van der Waals surface area contributed by atoms with Crippen LogP contribution >= 0.6 is 11.8 Å². The van der Waals surface area contributed by atoms with Crippen molar-refractivity contribution in [2.45, 2.75) is 25.1 Å². The molecule has 1 heterocycles. The van der Waals surface area contributed by atoms with Crippen molar-refractivity contribution in [1.29, 1.82) is 0 Å². The van der Waals surface area contributed by atoms with Crippen molar-refractivity contribution in [3.63, 3.8) is 0 Å². The third-order valence-corrected chi connectivity index (χ3v) is 5.20. The van der Waals surface area contributed by atoms with E-state index in [4.69, 9.17) is 0 Å². The number of carbonyl (C=O) groups is 2. The summed E-state index contributed by atoms with van der Waals surface area (Å²) in [5.74, 6) is 0.0844. The number of nitrogens with zero attached hydrogens (tertiary/aromatic N) is 1. The lowest BCUT2D eigenvalue weighted by atomic mass is 9.89. The van der Waals surface area contributed by atoms with Crippen molar-refractivity contribution in [1.82, 2.24) is 0 Å². The zero-order valence-electron chi connectivity index (χ0n) is 13.7. The predicted molar refractivity (Wildman–Crippen MR) is 95.3 cm³/mol. The quantitative estimate of drug-likeness (QED) is 0.685. The van der Waals surface area contributed by atoms with Gasteiger partial charge in [0.2, 0.25) is 0 Å². The van der Waals surface area contributed by atoms with Crippen LogP contribution in [-0.2, 0) is 9.59 Å². The molecule has 2 aliphatic rings. The zero-order valence-corrected chi connectivity index (χ0v) is 14.5. The second-order valence-electron chi connectivity index (χ2n) is 5.97. The largest absolute Gasteiger partial charge is 0.420 e. The topological polar surface area (TPSA) is 38.5 Å². The van der Waals surface area contributed by atoms with Crippen molar-refractivity contribution in [3.8, 4) is 6.07 Å². The fourth-order valence-electron chi connectivity index (χ4n) is 2.82. The Hall–Kier alpha value is -2.33. The summed E-state index contributed by atoms with van der Waals surface area (Å²) in [6.45, 7) is 0. The van der Waals surface area contributed by atoms with E-state index in [0.29, 0.717) is 11.6 Å². The first-order valence-corrected chi connectivity index (χ1v) is 9.24. The van der Waals surface area contributed by atoms with Gasteiger partial charge in [0.25, 0.3) is 6.04 Å². The first-order chi connectivity index (χ1) is 12.4. The Morgan fingerprint density at radius 3 is 2.23 bits per heavy atom. The van der Waals surface area contributed by atoms with Crippen molar-refractivity contribution in [3.05, 3.63) is 58.0 Å². The molecular formula is C19H15F3NO2S+. The summed E-state index contributed by atoms with van der Waals surface area (Å²) in [7, 11) is 0. The number of allylic oxidation sites excluding steroid dienone is 4. The Morgan fingerprint density at radius 2 is 1.62 bits per heavy atom. The highest BCUT2D eigenvalue weighted by molar-refractivity contribution is 7.99. The zero-order chi connectivity index (χ0) is 18.7. The Labute approximate surface area is 152 Å². The van der Waals surface area contributed by atoms with Crippen LogP contribution in [0, 0.1) is 6.07 Å². The summed E-state index contributed by atoms with van der Waals surface area (Å²) in [4.78, 5) is 28.0. The van der Waals surface area contributed by atoms with Gasteiger partial charge >= 0.3 is 12.2 Å². The molecule has 0 radical (unpaired) electrons. The molecule has 26 heavy (non-hydrogen) atoms. The van der Waals surface area contributed by atoms with E-state index in [1.54, 1.807) is 12.1 Å². The van der Waals surface area contributed by atoms with E-state index in [2.05, 4.69) is 10.9 Å². The van der Waals surface area contributed by atoms with Crippen molar-refractivity contribution in [2.24, 2.45) is 0 Å². The summed E-state index contributed by atoms with van der Waals surface area (Å²) < 4.78 is 39.6. The van der Waals surface area contributed by atoms with Gasteiger partial charge in [-0.15, -0.1) is 0 Å². The number of halogens is 3. The molecule has 3 nitrogen and oxygen atoms in total. The van der Waals surface area contributed by atoms with Gasteiger partial charge in [0.15, 0.2) is 11.6 Å². The van der Waals surface area contributed by atoms with Gasteiger partial charge in [0, 0.05) is 29.9 Å². The normalized spacial score (nSPS) is 18.7. The van der Waals surface area contributed by atoms with Gasteiger partial charge in [-0.05, 0) is 29.8 Å². The van der Waals surface area contributed by atoms with E-state index < -0.39 is 28.9 Å². The number of benzene rings is 1. The smallest absolute Gasteiger partial charge is 0.289 e. The van der Waals surface area contributed by atoms with Crippen LogP contribution in [0.5, 0.6) is 0 Å². The van der Waals surface area contributed by atoms with Crippen LogP contribution in [0.4, 0.5) is 13.2 Å². The van der Waals surface area contributed by atoms with Crippen LogP contribution in [0.1, 0.15) is 24.0 Å². The summed E-state index contributed by atoms with van der Waals surface area (Å²) >= 11 is 1.89. The Morgan fingerprint density at radius 1 is 1.00 bits per heavy atom. The number of ketones is 2. The molecule has 1 aromatic rings. The molecule has 0 aromatic heterocycles. The molecule has 134 valence electrons. The molecule has 0 bridgehead atoms. The molecule has 0 atom stereocenters. The van der Waals surface area contributed by atoms with Gasteiger partial charge in [0.1, 0.15) is 11.1 Å². The molecule has 0 unspecified atom stereocenters. The number of hydrogen-bond acceptors (Lipinski definition) is 3. The van der Waals surface area contributed by atoms with Crippen molar-refractivity contribution < 1.29 is 22.8 Å². The molecule has 3 rings (SSSR count). The van der Waals surface area contributed by atoms with Crippen molar-refractivity contribution >= 4 is 28.9 Å². The fraction of sp³-hybridized carbons (Fsp3) is 0.316. The van der Waals surface area contributed by atoms with E-state index in [9.17, 15) is 22.8 Å². The van der Waals surface area contributed by atoms with Crippen molar-refractivity contribution in [2.75, 3.05) is 11.5 Å². The Kier molecular flexibility index (Phi) is 5.33. The van der Waals surface area contributed by atoms with Crippen LogP contribution in [-0.4, -0.2) is 35.3 Å². The first-order valence-electron chi connectivity index (χ1n) is 8.08. The van der Waals surface area contributed by atoms with E-state index >= 15 is 0 Å². The van der Waals surface area contributed by atoms with Crippen LogP contribution in [0.25, 0.3) is 10.4 Å². The van der Waals surface area contributed by atoms with E-state index in [0.717, 1.165) is 30.4 Å².